The summed E-state index contributed by atoms with van der Waals surface area (Å²) in [4.78, 5) is 27.4. The number of nitro groups is 1. The van der Waals surface area contributed by atoms with Crippen LogP contribution in [0.1, 0.15) is 11.1 Å². The summed E-state index contributed by atoms with van der Waals surface area (Å²) in [6.07, 6.45) is 3.45. The summed E-state index contributed by atoms with van der Waals surface area (Å²) in [5.74, 6) is 0.262. The van der Waals surface area contributed by atoms with E-state index in [0.717, 1.165) is 5.69 Å². The molecular weight excluding hydrogens is 446 g/mol. The van der Waals surface area contributed by atoms with E-state index < -0.39 is 4.92 Å². The van der Waals surface area contributed by atoms with Gasteiger partial charge in [0.05, 0.1) is 28.3 Å². The van der Waals surface area contributed by atoms with Crippen molar-refractivity contribution < 1.29 is 9.72 Å². The van der Waals surface area contributed by atoms with Crippen LogP contribution in [0.3, 0.4) is 0 Å². The van der Waals surface area contributed by atoms with Crippen LogP contribution in [0.15, 0.2) is 79.1 Å². The maximum atomic E-state index is 12.7. The van der Waals surface area contributed by atoms with Gasteiger partial charge in [-0.25, -0.2) is 9.67 Å². The van der Waals surface area contributed by atoms with Gasteiger partial charge in [-0.3, -0.25) is 14.9 Å². The van der Waals surface area contributed by atoms with E-state index in [4.69, 9.17) is 5.26 Å². The van der Waals surface area contributed by atoms with Crippen LogP contribution in [0, 0.1) is 21.4 Å². The van der Waals surface area contributed by atoms with Gasteiger partial charge in [0.1, 0.15) is 11.9 Å². The summed E-state index contributed by atoms with van der Waals surface area (Å²) >= 11 is 0. The van der Waals surface area contributed by atoms with Crippen LogP contribution >= 0.6 is 0 Å². The van der Waals surface area contributed by atoms with Crippen LogP contribution < -0.4 is 10.6 Å². The maximum absolute atomic E-state index is 12.7. The summed E-state index contributed by atoms with van der Waals surface area (Å²) in [7, 11) is 0. The Hall–Kier alpha value is -5.04. The molecule has 0 spiro atoms. The molecule has 0 aliphatic carbocycles. The molecule has 2 aromatic carbocycles. The van der Waals surface area contributed by atoms with Gasteiger partial charge in [0.15, 0.2) is 0 Å². The highest BCUT2D eigenvalue weighted by atomic mass is 16.6. The van der Waals surface area contributed by atoms with Gasteiger partial charge in [0.2, 0.25) is 5.91 Å². The molecule has 0 atom stereocenters. The first-order valence-electron chi connectivity index (χ1n) is 10.8. The molecule has 10 nitrogen and oxygen atoms in total. The molecule has 4 rings (SSSR count). The van der Waals surface area contributed by atoms with Gasteiger partial charge in [0.25, 0.3) is 5.69 Å². The fraction of sp³-hybridized carbons (Fsp3) is 0.120. The Labute approximate surface area is 201 Å². The van der Waals surface area contributed by atoms with E-state index in [1.54, 1.807) is 41.3 Å². The van der Waals surface area contributed by atoms with E-state index in [9.17, 15) is 14.9 Å². The van der Waals surface area contributed by atoms with Crippen LogP contribution in [-0.4, -0.2) is 38.7 Å². The van der Waals surface area contributed by atoms with Gasteiger partial charge in [-0.1, -0.05) is 18.2 Å². The van der Waals surface area contributed by atoms with Crippen LogP contribution in [0.25, 0.3) is 16.9 Å². The standard InChI is InChI=1S/C25H21N7O3/c26-16-19-5-4-12-28-25(19)29-14-13-27-23(33)15-20-17-31(21-6-2-1-3-7-21)30-24(20)18-8-10-22(11-9-18)32(34)35/h1-12,17H,13-15H2,(H,27,33)(H,28,29). The van der Waals surface area contributed by atoms with Crippen LogP contribution in [-0.2, 0) is 11.2 Å². The van der Waals surface area contributed by atoms with Crippen molar-refractivity contribution in [2.75, 3.05) is 18.4 Å². The third-order valence-electron chi connectivity index (χ3n) is 5.18. The molecule has 35 heavy (non-hydrogen) atoms. The first kappa shape index (κ1) is 23.1. The zero-order chi connectivity index (χ0) is 24.6. The molecule has 0 aliphatic heterocycles. The number of amides is 1. The molecule has 174 valence electrons. The molecule has 2 aromatic heterocycles. The molecule has 0 fully saturated rings. The van der Waals surface area contributed by atoms with E-state index >= 15 is 0 Å². The fourth-order valence-corrected chi connectivity index (χ4v) is 3.49. The number of para-hydroxylation sites is 1. The molecule has 0 saturated heterocycles. The Kier molecular flexibility index (Phi) is 7.08. The fourth-order valence-electron chi connectivity index (χ4n) is 3.49. The van der Waals surface area contributed by atoms with Crippen molar-refractivity contribution in [3.05, 3.63) is 100 Å². The lowest BCUT2D eigenvalue weighted by Gasteiger charge is -2.08. The third-order valence-corrected chi connectivity index (χ3v) is 5.18. The SMILES string of the molecule is N#Cc1cccnc1NCCNC(=O)Cc1cn(-c2ccccc2)nc1-c1ccc([N+](=O)[O-])cc1. The number of hydrogen-bond donors (Lipinski definition) is 2. The van der Waals surface area contributed by atoms with Crippen molar-refractivity contribution in [1.29, 1.82) is 5.26 Å². The Morgan fingerprint density at radius 3 is 2.54 bits per heavy atom. The number of pyridine rings is 1. The number of aromatic nitrogens is 3. The quantitative estimate of drug-likeness (QED) is 0.218. The highest BCUT2D eigenvalue weighted by Gasteiger charge is 2.16. The predicted octanol–water partition coefficient (Wildman–Crippen LogP) is 3.48. The summed E-state index contributed by atoms with van der Waals surface area (Å²) in [6, 6.07) is 21.0. The highest BCUT2D eigenvalue weighted by Crippen LogP contribution is 2.26. The van der Waals surface area contributed by atoms with E-state index in [1.165, 1.54) is 12.1 Å². The average molecular weight is 467 g/mol. The normalized spacial score (nSPS) is 10.4. The molecule has 0 aliphatic rings. The van der Waals surface area contributed by atoms with E-state index in [2.05, 4.69) is 26.8 Å². The minimum atomic E-state index is -0.459. The largest absolute Gasteiger partial charge is 0.367 e. The van der Waals surface area contributed by atoms with E-state index in [1.807, 2.05) is 30.3 Å². The maximum Gasteiger partial charge on any atom is 0.269 e. The average Bonchev–Trinajstić information content (AvgIpc) is 3.31. The Bertz CT molecular complexity index is 1380. The number of anilines is 1. The number of nitro benzene ring substituents is 1. The van der Waals surface area contributed by atoms with Crippen molar-refractivity contribution in [2.24, 2.45) is 0 Å². The second-order valence-electron chi connectivity index (χ2n) is 7.55. The number of nitrogens with one attached hydrogen (secondary N) is 2. The predicted molar refractivity (Wildman–Crippen MR) is 130 cm³/mol. The zero-order valence-electron chi connectivity index (χ0n) is 18.6. The molecule has 4 aromatic rings. The van der Waals surface area contributed by atoms with Gasteiger partial charge < -0.3 is 10.6 Å². The molecule has 1 amide bonds. The van der Waals surface area contributed by atoms with Crippen molar-refractivity contribution in [3.63, 3.8) is 0 Å². The summed E-state index contributed by atoms with van der Waals surface area (Å²) in [5, 5.41) is 30.7. The first-order valence-corrected chi connectivity index (χ1v) is 10.8. The summed E-state index contributed by atoms with van der Waals surface area (Å²) in [6.45, 7) is 0.732. The van der Waals surface area contributed by atoms with Gasteiger partial charge in [0, 0.05) is 48.7 Å². The zero-order valence-corrected chi connectivity index (χ0v) is 18.6. The lowest BCUT2D eigenvalue weighted by atomic mass is 10.1. The smallest absolute Gasteiger partial charge is 0.269 e. The second-order valence-corrected chi connectivity index (χ2v) is 7.55. The molecule has 0 radical (unpaired) electrons. The molecular formula is C25H21N7O3. The molecule has 0 saturated carbocycles. The monoisotopic (exact) mass is 467 g/mol. The number of carbonyl (C=O) groups excluding carboxylic acids is 1. The van der Waals surface area contributed by atoms with E-state index in [0.29, 0.717) is 41.3 Å². The van der Waals surface area contributed by atoms with Crippen LogP contribution in [0.4, 0.5) is 11.5 Å². The second kappa shape index (κ2) is 10.7. The number of carbonyl (C=O) groups is 1. The van der Waals surface area contributed by atoms with Crippen molar-refractivity contribution in [1.82, 2.24) is 20.1 Å². The third kappa shape index (κ3) is 5.66. The molecule has 2 heterocycles. The molecule has 10 heteroatoms. The highest BCUT2D eigenvalue weighted by molar-refractivity contribution is 5.81. The van der Waals surface area contributed by atoms with Crippen molar-refractivity contribution in [3.8, 4) is 23.0 Å². The minimum Gasteiger partial charge on any atom is -0.367 e. The number of nitriles is 1. The molecule has 2 N–H and O–H groups in total. The number of non-ortho nitro benzene ring substituents is 1. The number of nitrogens with zero attached hydrogens (tertiary/aromatic N) is 5. The van der Waals surface area contributed by atoms with Gasteiger partial charge in [-0.2, -0.15) is 10.4 Å². The van der Waals surface area contributed by atoms with Crippen LogP contribution in [0.5, 0.6) is 0 Å². The van der Waals surface area contributed by atoms with Crippen molar-refractivity contribution >= 4 is 17.4 Å². The first-order chi connectivity index (χ1) is 17.0. The van der Waals surface area contributed by atoms with Gasteiger partial charge in [-0.05, 0) is 36.4 Å². The Balaban J connectivity index is 1.47. The van der Waals surface area contributed by atoms with Crippen LogP contribution in [0.2, 0.25) is 0 Å². The Morgan fingerprint density at radius 2 is 1.83 bits per heavy atom. The lowest BCUT2D eigenvalue weighted by Crippen LogP contribution is -2.30. The summed E-state index contributed by atoms with van der Waals surface area (Å²) < 4.78 is 1.69. The topological polar surface area (TPSA) is 139 Å². The van der Waals surface area contributed by atoms with E-state index in [-0.39, 0.29) is 18.0 Å². The molecule has 0 unspecified atom stereocenters. The number of rotatable bonds is 9. The molecule has 0 bridgehead atoms. The van der Waals surface area contributed by atoms with Crippen molar-refractivity contribution in [2.45, 2.75) is 6.42 Å². The Morgan fingerprint density at radius 1 is 1.06 bits per heavy atom. The minimum absolute atomic E-state index is 0.0181. The number of hydrogen-bond acceptors (Lipinski definition) is 7. The lowest BCUT2D eigenvalue weighted by molar-refractivity contribution is -0.384. The summed E-state index contributed by atoms with van der Waals surface area (Å²) in [5.41, 5.74) is 3.17. The van der Waals surface area contributed by atoms with Gasteiger partial charge in [-0.15, -0.1) is 0 Å². The van der Waals surface area contributed by atoms with Gasteiger partial charge >= 0.3 is 0 Å². The number of benzene rings is 2.